The van der Waals surface area contributed by atoms with Crippen molar-refractivity contribution in [3.05, 3.63) is 51.4 Å². The van der Waals surface area contributed by atoms with Gasteiger partial charge in [-0.1, -0.05) is 19.1 Å². The van der Waals surface area contributed by atoms with Crippen LogP contribution in [-0.4, -0.2) is 15.8 Å². The third-order valence-corrected chi connectivity index (χ3v) is 3.69. The van der Waals surface area contributed by atoms with Crippen LogP contribution in [0, 0.1) is 3.57 Å². The Balaban J connectivity index is 2.00. The van der Waals surface area contributed by atoms with E-state index in [4.69, 9.17) is 5.73 Å². The largest absolute Gasteiger partial charge is 0.327 e. The first-order valence-corrected chi connectivity index (χ1v) is 7.26. The summed E-state index contributed by atoms with van der Waals surface area (Å²) in [5, 5.41) is 4.38. The molecule has 0 amide bonds. The summed E-state index contributed by atoms with van der Waals surface area (Å²) in [5.41, 5.74) is 8.43. The first-order chi connectivity index (χ1) is 8.67. The molecular formula is C14H18IN3. The first-order valence-electron chi connectivity index (χ1n) is 6.18. The molecule has 0 saturated heterocycles. The Morgan fingerprint density at radius 2 is 2.00 bits per heavy atom. The molecule has 1 atom stereocenters. The Hall–Kier alpha value is -0.880. The second-order valence-corrected chi connectivity index (χ2v) is 5.79. The number of benzene rings is 1. The monoisotopic (exact) mass is 355 g/mol. The lowest BCUT2D eigenvalue weighted by Gasteiger charge is -2.05. The van der Waals surface area contributed by atoms with Crippen LogP contribution in [-0.2, 0) is 13.0 Å². The summed E-state index contributed by atoms with van der Waals surface area (Å²) in [7, 11) is 0. The van der Waals surface area contributed by atoms with E-state index in [9.17, 15) is 0 Å². The predicted molar refractivity (Wildman–Crippen MR) is 82.5 cm³/mol. The minimum Gasteiger partial charge on any atom is -0.327 e. The standard InChI is InChI=1S/C14H18IN3/c1-2-14(16)7-12-8-17-18(10-12)9-11-3-5-13(15)6-4-11/h3-6,8,10,14H,2,7,9,16H2,1H3. The fraction of sp³-hybridized carbons (Fsp3) is 0.357. The number of nitrogens with zero attached hydrogens (tertiary/aromatic N) is 2. The van der Waals surface area contributed by atoms with Crippen molar-refractivity contribution in [3.8, 4) is 0 Å². The van der Waals surface area contributed by atoms with Crippen molar-refractivity contribution in [3.63, 3.8) is 0 Å². The summed E-state index contributed by atoms with van der Waals surface area (Å²) < 4.78 is 3.23. The first kappa shape index (κ1) is 13.5. The fourth-order valence-corrected chi connectivity index (χ4v) is 2.18. The van der Waals surface area contributed by atoms with Gasteiger partial charge >= 0.3 is 0 Å². The Morgan fingerprint density at radius 1 is 1.28 bits per heavy atom. The topological polar surface area (TPSA) is 43.8 Å². The van der Waals surface area contributed by atoms with Crippen molar-refractivity contribution in [1.82, 2.24) is 9.78 Å². The molecule has 2 rings (SSSR count). The number of hydrogen-bond donors (Lipinski definition) is 1. The van der Waals surface area contributed by atoms with Gasteiger partial charge in [-0.05, 0) is 58.7 Å². The van der Waals surface area contributed by atoms with Crippen molar-refractivity contribution in [1.29, 1.82) is 0 Å². The van der Waals surface area contributed by atoms with E-state index in [1.807, 2.05) is 10.9 Å². The van der Waals surface area contributed by atoms with Crippen LogP contribution in [0.25, 0.3) is 0 Å². The van der Waals surface area contributed by atoms with Gasteiger partial charge in [0.15, 0.2) is 0 Å². The van der Waals surface area contributed by atoms with Crippen LogP contribution in [0.3, 0.4) is 0 Å². The van der Waals surface area contributed by atoms with E-state index in [2.05, 4.69) is 65.1 Å². The highest BCUT2D eigenvalue weighted by atomic mass is 127. The third-order valence-electron chi connectivity index (χ3n) is 2.97. The zero-order valence-electron chi connectivity index (χ0n) is 10.5. The molecule has 0 aliphatic carbocycles. The van der Waals surface area contributed by atoms with E-state index in [0.29, 0.717) is 0 Å². The molecule has 18 heavy (non-hydrogen) atoms. The molecule has 1 aromatic heterocycles. The summed E-state index contributed by atoms with van der Waals surface area (Å²) >= 11 is 2.31. The van der Waals surface area contributed by atoms with Gasteiger partial charge in [-0.15, -0.1) is 0 Å². The van der Waals surface area contributed by atoms with Gasteiger partial charge < -0.3 is 5.73 Å². The Labute approximate surface area is 122 Å². The van der Waals surface area contributed by atoms with E-state index < -0.39 is 0 Å². The number of nitrogens with two attached hydrogens (primary N) is 1. The Bertz CT molecular complexity index is 490. The lowest BCUT2D eigenvalue weighted by molar-refractivity contribution is 0.644. The summed E-state index contributed by atoms with van der Waals surface area (Å²) in [6.45, 7) is 2.93. The quantitative estimate of drug-likeness (QED) is 0.839. The fourth-order valence-electron chi connectivity index (χ4n) is 1.82. The maximum Gasteiger partial charge on any atom is 0.0659 e. The molecule has 0 aliphatic rings. The van der Waals surface area contributed by atoms with E-state index in [1.165, 1.54) is 14.7 Å². The summed E-state index contributed by atoms with van der Waals surface area (Å²) in [4.78, 5) is 0. The van der Waals surface area contributed by atoms with Crippen molar-refractivity contribution in [2.75, 3.05) is 0 Å². The van der Waals surface area contributed by atoms with Gasteiger partial charge in [-0.2, -0.15) is 5.10 Å². The molecule has 3 nitrogen and oxygen atoms in total. The van der Waals surface area contributed by atoms with Crippen LogP contribution in [0.1, 0.15) is 24.5 Å². The number of rotatable bonds is 5. The minimum absolute atomic E-state index is 0.237. The molecule has 96 valence electrons. The second kappa shape index (κ2) is 6.33. The van der Waals surface area contributed by atoms with Crippen LogP contribution >= 0.6 is 22.6 Å². The van der Waals surface area contributed by atoms with Gasteiger partial charge in [0.2, 0.25) is 0 Å². The minimum atomic E-state index is 0.237. The summed E-state index contributed by atoms with van der Waals surface area (Å²) in [5.74, 6) is 0. The SMILES string of the molecule is CCC(N)Cc1cnn(Cc2ccc(I)cc2)c1. The van der Waals surface area contributed by atoms with Crippen molar-refractivity contribution < 1.29 is 0 Å². The molecule has 1 aromatic carbocycles. The molecular weight excluding hydrogens is 337 g/mol. The number of halogens is 1. The van der Waals surface area contributed by atoms with Crippen molar-refractivity contribution >= 4 is 22.6 Å². The molecule has 0 radical (unpaired) electrons. The van der Waals surface area contributed by atoms with Gasteiger partial charge in [-0.25, -0.2) is 0 Å². The molecule has 4 heteroatoms. The highest BCUT2D eigenvalue weighted by Gasteiger charge is 2.04. The van der Waals surface area contributed by atoms with Crippen molar-refractivity contribution in [2.24, 2.45) is 5.73 Å². The Morgan fingerprint density at radius 3 is 2.67 bits per heavy atom. The highest BCUT2D eigenvalue weighted by Crippen LogP contribution is 2.09. The molecule has 0 saturated carbocycles. The molecule has 1 unspecified atom stereocenters. The summed E-state index contributed by atoms with van der Waals surface area (Å²) in [6.07, 6.45) is 5.92. The second-order valence-electron chi connectivity index (χ2n) is 4.55. The van der Waals surface area contributed by atoms with Gasteiger partial charge in [0.1, 0.15) is 0 Å². The molecule has 0 fully saturated rings. The summed E-state index contributed by atoms with van der Waals surface area (Å²) in [6, 6.07) is 8.75. The van der Waals surface area contributed by atoms with Gasteiger partial charge in [-0.3, -0.25) is 4.68 Å². The number of aromatic nitrogens is 2. The lowest BCUT2D eigenvalue weighted by atomic mass is 10.1. The van der Waals surface area contributed by atoms with Gasteiger partial charge in [0, 0.05) is 15.8 Å². The van der Waals surface area contributed by atoms with E-state index >= 15 is 0 Å². The van der Waals surface area contributed by atoms with E-state index in [-0.39, 0.29) is 6.04 Å². The zero-order chi connectivity index (χ0) is 13.0. The molecule has 1 heterocycles. The smallest absolute Gasteiger partial charge is 0.0659 e. The molecule has 2 aromatic rings. The van der Waals surface area contributed by atoms with E-state index in [1.54, 1.807) is 0 Å². The maximum atomic E-state index is 5.95. The maximum absolute atomic E-state index is 5.95. The van der Waals surface area contributed by atoms with E-state index in [0.717, 1.165) is 19.4 Å². The number of hydrogen-bond acceptors (Lipinski definition) is 2. The average Bonchev–Trinajstić information content (AvgIpc) is 2.79. The van der Waals surface area contributed by atoms with Crippen LogP contribution in [0.15, 0.2) is 36.7 Å². The highest BCUT2D eigenvalue weighted by molar-refractivity contribution is 14.1. The van der Waals surface area contributed by atoms with Crippen molar-refractivity contribution in [2.45, 2.75) is 32.4 Å². The third kappa shape index (κ3) is 3.81. The van der Waals surface area contributed by atoms with Crippen LogP contribution < -0.4 is 5.73 Å². The molecule has 0 bridgehead atoms. The van der Waals surface area contributed by atoms with Gasteiger partial charge in [0.05, 0.1) is 12.7 Å². The Kier molecular flexibility index (Phi) is 4.77. The molecule has 0 aliphatic heterocycles. The average molecular weight is 355 g/mol. The molecule has 2 N–H and O–H groups in total. The van der Waals surface area contributed by atoms with Crippen LogP contribution in [0.4, 0.5) is 0 Å². The predicted octanol–water partition coefficient (Wildman–Crippen LogP) is 2.82. The van der Waals surface area contributed by atoms with Crippen LogP contribution in [0.5, 0.6) is 0 Å². The van der Waals surface area contributed by atoms with Crippen LogP contribution in [0.2, 0.25) is 0 Å². The zero-order valence-corrected chi connectivity index (χ0v) is 12.7. The van der Waals surface area contributed by atoms with Gasteiger partial charge in [0.25, 0.3) is 0 Å². The lowest BCUT2D eigenvalue weighted by Crippen LogP contribution is -2.21. The normalized spacial score (nSPS) is 12.6. The molecule has 0 spiro atoms.